The third kappa shape index (κ3) is 3.23. The number of likely N-dealkylation sites (tertiary alicyclic amines) is 1. The van der Waals surface area contributed by atoms with Gasteiger partial charge in [0.15, 0.2) is 0 Å². The summed E-state index contributed by atoms with van der Waals surface area (Å²) in [5, 5.41) is 15.3. The van der Waals surface area contributed by atoms with E-state index in [1.807, 2.05) is 7.05 Å². The second kappa shape index (κ2) is 5.57. The van der Waals surface area contributed by atoms with Crippen molar-refractivity contribution in [1.82, 2.24) is 10.2 Å². The maximum absolute atomic E-state index is 11.9. The number of amides is 1. The summed E-state index contributed by atoms with van der Waals surface area (Å²) < 4.78 is 0. The Morgan fingerprint density at radius 2 is 2.28 bits per heavy atom. The van der Waals surface area contributed by atoms with E-state index in [4.69, 9.17) is 11.6 Å². The molecule has 0 saturated carbocycles. The van der Waals surface area contributed by atoms with Crippen LogP contribution in [0.15, 0.2) is 11.4 Å². The summed E-state index contributed by atoms with van der Waals surface area (Å²) in [6, 6.07) is 1.70. The largest absolute Gasteiger partial charge is 0.388 e. The Morgan fingerprint density at radius 1 is 1.61 bits per heavy atom. The third-order valence-corrected chi connectivity index (χ3v) is 4.66. The summed E-state index contributed by atoms with van der Waals surface area (Å²) in [4.78, 5) is 14.5. The van der Waals surface area contributed by atoms with Gasteiger partial charge in [0.1, 0.15) is 4.88 Å². The zero-order chi connectivity index (χ0) is 13.2. The number of nitrogens with one attached hydrogen (secondary N) is 1. The fourth-order valence-electron chi connectivity index (χ4n) is 1.99. The van der Waals surface area contributed by atoms with Gasteiger partial charge in [-0.25, -0.2) is 0 Å². The van der Waals surface area contributed by atoms with Gasteiger partial charge in [-0.05, 0) is 31.3 Å². The van der Waals surface area contributed by atoms with Gasteiger partial charge in [-0.15, -0.1) is 11.3 Å². The number of hydrogen-bond acceptors (Lipinski definition) is 4. The van der Waals surface area contributed by atoms with Gasteiger partial charge in [-0.2, -0.15) is 0 Å². The topological polar surface area (TPSA) is 52.6 Å². The second-order valence-electron chi connectivity index (χ2n) is 4.81. The smallest absolute Gasteiger partial charge is 0.262 e. The highest BCUT2D eigenvalue weighted by atomic mass is 35.5. The number of halogens is 1. The van der Waals surface area contributed by atoms with Crippen LogP contribution < -0.4 is 5.32 Å². The van der Waals surface area contributed by atoms with Crippen molar-refractivity contribution in [2.24, 2.45) is 0 Å². The molecule has 0 spiro atoms. The highest BCUT2D eigenvalue weighted by Gasteiger charge is 2.31. The van der Waals surface area contributed by atoms with Crippen LogP contribution in [0, 0.1) is 0 Å². The van der Waals surface area contributed by atoms with Gasteiger partial charge in [0, 0.05) is 19.6 Å². The fourth-order valence-corrected chi connectivity index (χ4v) is 3.05. The van der Waals surface area contributed by atoms with Gasteiger partial charge < -0.3 is 15.3 Å². The van der Waals surface area contributed by atoms with Gasteiger partial charge >= 0.3 is 0 Å². The number of piperidine rings is 1. The van der Waals surface area contributed by atoms with Crippen molar-refractivity contribution < 1.29 is 9.90 Å². The summed E-state index contributed by atoms with van der Waals surface area (Å²) in [6.45, 7) is 1.99. The van der Waals surface area contributed by atoms with Gasteiger partial charge in [-0.1, -0.05) is 11.6 Å². The molecule has 1 saturated heterocycles. The standard InChI is InChI=1S/C12H17ClN2O2S/c1-15-5-3-12(17,4-6-15)8-14-11(16)10-9(13)2-7-18-10/h2,7,17H,3-6,8H2,1H3,(H,14,16). The molecule has 0 radical (unpaired) electrons. The highest BCUT2D eigenvalue weighted by Crippen LogP contribution is 2.23. The van der Waals surface area contributed by atoms with Crippen LogP contribution in [0.2, 0.25) is 5.02 Å². The lowest BCUT2D eigenvalue weighted by Crippen LogP contribution is -2.49. The number of carbonyl (C=O) groups is 1. The molecule has 0 aromatic carbocycles. The van der Waals surface area contributed by atoms with Gasteiger partial charge in [-0.3, -0.25) is 4.79 Å². The molecular weight excluding hydrogens is 272 g/mol. The van der Waals surface area contributed by atoms with E-state index in [1.54, 1.807) is 11.4 Å². The molecule has 1 fully saturated rings. The van der Waals surface area contributed by atoms with E-state index in [9.17, 15) is 9.90 Å². The first kappa shape index (κ1) is 13.8. The molecule has 0 unspecified atom stereocenters. The number of carbonyl (C=O) groups excluding carboxylic acids is 1. The molecule has 1 aromatic rings. The Bertz CT molecular complexity index is 427. The van der Waals surface area contributed by atoms with Gasteiger partial charge in [0.2, 0.25) is 0 Å². The lowest BCUT2D eigenvalue weighted by Gasteiger charge is -2.36. The molecular formula is C12H17ClN2O2S. The van der Waals surface area contributed by atoms with Crippen molar-refractivity contribution >= 4 is 28.8 Å². The Kier molecular flexibility index (Phi) is 4.27. The third-order valence-electron chi connectivity index (χ3n) is 3.32. The first-order valence-electron chi connectivity index (χ1n) is 5.92. The number of aliphatic hydroxyl groups is 1. The van der Waals surface area contributed by atoms with Crippen molar-refractivity contribution in [3.05, 3.63) is 21.3 Å². The Hall–Kier alpha value is -0.620. The maximum Gasteiger partial charge on any atom is 0.262 e. The van der Waals surface area contributed by atoms with E-state index in [-0.39, 0.29) is 12.5 Å². The summed E-state index contributed by atoms with van der Waals surface area (Å²) in [5.74, 6) is -0.206. The summed E-state index contributed by atoms with van der Waals surface area (Å²) >= 11 is 7.20. The summed E-state index contributed by atoms with van der Waals surface area (Å²) in [7, 11) is 2.03. The number of rotatable bonds is 3. The minimum absolute atomic E-state index is 0.206. The van der Waals surface area contributed by atoms with Crippen LogP contribution in [-0.2, 0) is 0 Å². The normalized spacial score (nSPS) is 19.7. The predicted octanol–water partition coefficient (Wildman–Crippen LogP) is 1.59. The minimum Gasteiger partial charge on any atom is -0.388 e. The predicted molar refractivity (Wildman–Crippen MR) is 73.3 cm³/mol. The van der Waals surface area contributed by atoms with E-state index < -0.39 is 5.60 Å². The minimum atomic E-state index is -0.786. The van der Waals surface area contributed by atoms with Gasteiger partial charge in [0.05, 0.1) is 10.6 Å². The van der Waals surface area contributed by atoms with Crippen molar-refractivity contribution in [1.29, 1.82) is 0 Å². The van der Waals surface area contributed by atoms with Crippen molar-refractivity contribution in [3.63, 3.8) is 0 Å². The van der Waals surface area contributed by atoms with Crippen LogP contribution >= 0.6 is 22.9 Å². The average molecular weight is 289 g/mol. The van der Waals surface area contributed by atoms with Crippen molar-refractivity contribution in [2.75, 3.05) is 26.7 Å². The number of hydrogen-bond donors (Lipinski definition) is 2. The first-order chi connectivity index (χ1) is 8.50. The Morgan fingerprint density at radius 3 is 2.83 bits per heavy atom. The molecule has 1 aromatic heterocycles. The zero-order valence-electron chi connectivity index (χ0n) is 10.3. The van der Waals surface area contributed by atoms with Crippen LogP contribution in [0.1, 0.15) is 22.5 Å². The van der Waals surface area contributed by atoms with Crippen LogP contribution in [0.5, 0.6) is 0 Å². The van der Waals surface area contributed by atoms with E-state index >= 15 is 0 Å². The molecule has 0 bridgehead atoms. The molecule has 0 aliphatic carbocycles. The molecule has 2 heterocycles. The fraction of sp³-hybridized carbons (Fsp3) is 0.583. The van der Waals surface area contributed by atoms with E-state index in [1.165, 1.54) is 11.3 Å². The first-order valence-corrected chi connectivity index (χ1v) is 7.18. The molecule has 1 aliphatic heterocycles. The van der Waals surface area contributed by atoms with Crippen LogP contribution in [-0.4, -0.2) is 48.2 Å². The van der Waals surface area contributed by atoms with E-state index in [2.05, 4.69) is 10.2 Å². The van der Waals surface area contributed by atoms with Crippen LogP contribution in [0.4, 0.5) is 0 Å². The molecule has 1 aliphatic rings. The maximum atomic E-state index is 11.9. The SMILES string of the molecule is CN1CCC(O)(CNC(=O)c2sccc2Cl)CC1. The quantitative estimate of drug-likeness (QED) is 0.888. The second-order valence-corrected chi connectivity index (χ2v) is 6.13. The number of thiophene rings is 1. The Labute approximate surface area is 116 Å². The summed E-state index contributed by atoms with van der Waals surface area (Å²) in [5.41, 5.74) is -0.786. The molecule has 0 atom stereocenters. The monoisotopic (exact) mass is 288 g/mol. The molecule has 4 nitrogen and oxygen atoms in total. The molecule has 2 N–H and O–H groups in total. The molecule has 18 heavy (non-hydrogen) atoms. The molecule has 100 valence electrons. The molecule has 2 rings (SSSR count). The van der Waals surface area contributed by atoms with Crippen LogP contribution in [0.25, 0.3) is 0 Å². The lowest BCUT2D eigenvalue weighted by atomic mass is 9.91. The molecule has 6 heteroatoms. The Balaban J connectivity index is 1.88. The van der Waals surface area contributed by atoms with Crippen LogP contribution in [0.3, 0.4) is 0 Å². The zero-order valence-corrected chi connectivity index (χ0v) is 11.9. The van der Waals surface area contributed by atoms with Gasteiger partial charge in [0.25, 0.3) is 5.91 Å². The molecule has 1 amide bonds. The van der Waals surface area contributed by atoms with Crippen molar-refractivity contribution in [2.45, 2.75) is 18.4 Å². The average Bonchev–Trinajstić information content (AvgIpc) is 2.77. The van der Waals surface area contributed by atoms with Crippen molar-refractivity contribution in [3.8, 4) is 0 Å². The lowest BCUT2D eigenvalue weighted by molar-refractivity contribution is -0.0135. The summed E-state index contributed by atoms with van der Waals surface area (Å²) in [6.07, 6.45) is 1.36. The number of nitrogens with zero attached hydrogens (tertiary/aromatic N) is 1. The highest BCUT2D eigenvalue weighted by molar-refractivity contribution is 7.12. The van der Waals surface area contributed by atoms with E-state index in [0.29, 0.717) is 22.7 Å². The van der Waals surface area contributed by atoms with E-state index in [0.717, 1.165) is 13.1 Å².